The lowest BCUT2D eigenvalue weighted by molar-refractivity contribution is -0.119. The molecule has 1 fully saturated rings. The summed E-state index contributed by atoms with van der Waals surface area (Å²) in [7, 11) is 1.63. The van der Waals surface area contributed by atoms with Gasteiger partial charge in [-0.15, -0.1) is 0 Å². The number of carbonyl (C=O) groups excluding carboxylic acids is 2. The summed E-state index contributed by atoms with van der Waals surface area (Å²) < 4.78 is 7.48. The van der Waals surface area contributed by atoms with Crippen molar-refractivity contribution in [3.8, 4) is 11.4 Å². The molecule has 0 radical (unpaired) electrons. The lowest BCUT2D eigenvalue weighted by atomic mass is 9.97. The van der Waals surface area contributed by atoms with Crippen LogP contribution in [0.4, 0.5) is 5.69 Å². The lowest BCUT2D eigenvalue weighted by Crippen LogP contribution is -2.47. The molecule has 192 valence electrons. The standard InChI is InChI=1S/C30H25Cl2N3O3/c1-38-24-12-8-19(9-13-24)29-27-7-4-14-33(27)25-5-2-3-6-26(25)35(29)28(36)18-34(23-10-11-23)30(37)20-15-21(31)17-22(32)16-20/h2-9,12-17,23,29H,10-11,18H2,1H3. The predicted octanol–water partition coefficient (Wildman–Crippen LogP) is 6.53. The highest BCUT2D eigenvalue weighted by atomic mass is 35.5. The second-order valence-electron chi connectivity index (χ2n) is 9.55. The molecule has 1 saturated carbocycles. The SMILES string of the molecule is COc1ccc(C2c3cccn3-c3ccccc3N2C(=O)CN(C(=O)c2cc(Cl)cc(Cl)c2)C2CC2)cc1. The summed E-state index contributed by atoms with van der Waals surface area (Å²) in [6, 6.07) is 24.0. The molecule has 2 heterocycles. The Hall–Kier alpha value is -3.74. The summed E-state index contributed by atoms with van der Waals surface area (Å²) >= 11 is 12.4. The van der Waals surface area contributed by atoms with E-state index >= 15 is 0 Å². The van der Waals surface area contributed by atoms with Gasteiger partial charge in [-0.1, -0.05) is 47.5 Å². The van der Waals surface area contributed by atoms with Crippen LogP contribution in [0.25, 0.3) is 5.69 Å². The number of carbonyl (C=O) groups is 2. The van der Waals surface area contributed by atoms with Gasteiger partial charge in [0.25, 0.3) is 5.91 Å². The number of ether oxygens (including phenoxy) is 1. The summed E-state index contributed by atoms with van der Waals surface area (Å²) in [5.41, 5.74) is 3.99. The maximum absolute atomic E-state index is 14.3. The van der Waals surface area contributed by atoms with E-state index in [9.17, 15) is 9.59 Å². The molecule has 4 aromatic rings. The fraction of sp³-hybridized carbons (Fsp3) is 0.200. The van der Waals surface area contributed by atoms with Crippen molar-refractivity contribution in [2.24, 2.45) is 0 Å². The molecule has 1 atom stereocenters. The van der Waals surface area contributed by atoms with E-state index in [1.165, 1.54) is 0 Å². The van der Waals surface area contributed by atoms with Crippen molar-refractivity contribution in [1.29, 1.82) is 0 Å². The Bertz CT molecular complexity index is 1510. The van der Waals surface area contributed by atoms with E-state index in [1.807, 2.05) is 71.8 Å². The minimum atomic E-state index is -0.380. The van der Waals surface area contributed by atoms with Crippen LogP contribution in [-0.2, 0) is 4.79 Å². The zero-order chi connectivity index (χ0) is 26.4. The third kappa shape index (κ3) is 4.44. The van der Waals surface area contributed by atoms with E-state index in [4.69, 9.17) is 27.9 Å². The molecule has 1 aliphatic carbocycles. The van der Waals surface area contributed by atoms with Crippen LogP contribution in [0.2, 0.25) is 10.0 Å². The molecule has 0 saturated heterocycles. The minimum absolute atomic E-state index is 0.00698. The molecule has 0 N–H and O–H groups in total. The van der Waals surface area contributed by atoms with Crippen LogP contribution in [0, 0.1) is 0 Å². The van der Waals surface area contributed by atoms with Crippen LogP contribution in [0.5, 0.6) is 5.75 Å². The second kappa shape index (κ2) is 9.86. The zero-order valence-electron chi connectivity index (χ0n) is 20.7. The molecular weight excluding hydrogens is 521 g/mol. The van der Waals surface area contributed by atoms with E-state index in [2.05, 4.69) is 4.57 Å². The first-order chi connectivity index (χ1) is 18.4. The molecule has 1 aromatic heterocycles. The average molecular weight is 546 g/mol. The van der Waals surface area contributed by atoms with Gasteiger partial charge in [0.2, 0.25) is 5.91 Å². The summed E-state index contributed by atoms with van der Waals surface area (Å²) in [5, 5.41) is 0.765. The first-order valence-electron chi connectivity index (χ1n) is 12.4. The number of aromatic nitrogens is 1. The number of methoxy groups -OCH3 is 1. The second-order valence-corrected chi connectivity index (χ2v) is 10.4. The van der Waals surface area contributed by atoms with Crippen molar-refractivity contribution >= 4 is 40.7 Å². The molecule has 1 unspecified atom stereocenters. The zero-order valence-corrected chi connectivity index (χ0v) is 22.2. The minimum Gasteiger partial charge on any atom is -0.497 e. The monoisotopic (exact) mass is 545 g/mol. The Balaban J connectivity index is 1.40. The topological polar surface area (TPSA) is 54.8 Å². The number of fused-ring (bicyclic) bond motifs is 3. The van der Waals surface area contributed by atoms with Crippen molar-refractivity contribution in [3.63, 3.8) is 0 Å². The Kier molecular flexibility index (Phi) is 6.38. The van der Waals surface area contributed by atoms with Gasteiger partial charge in [0.05, 0.1) is 24.2 Å². The summed E-state index contributed by atoms with van der Waals surface area (Å²) in [6.07, 6.45) is 3.72. The van der Waals surface area contributed by atoms with Crippen LogP contribution in [-0.4, -0.2) is 41.0 Å². The van der Waals surface area contributed by atoms with Crippen LogP contribution in [0.15, 0.2) is 85.1 Å². The van der Waals surface area contributed by atoms with Gasteiger partial charge in [0.15, 0.2) is 0 Å². The van der Waals surface area contributed by atoms with E-state index in [0.717, 1.165) is 41.2 Å². The lowest BCUT2D eigenvalue weighted by Gasteiger charge is -2.39. The summed E-state index contributed by atoms with van der Waals surface area (Å²) in [6.45, 7) is -0.0602. The molecule has 38 heavy (non-hydrogen) atoms. The number of nitrogens with zero attached hydrogens (tertiary/aromatic N) is 3. The van der Waals surface area contributed by atoms with Gasteiger partial charge in [-0.3, -0.25) is 14.5 Å². The summed E-state index contributed by atoms with van der Waals surface area (Å²) in [5.74, 6) is 0.322. The van der Waals surface area contributed by atoms with Crippen molar-refractivity contribution in [2.45, 2.75) is 24.9 Å². The molecule has 6 nitrogen and oxygen atoms in total. The van der Waals surface area contributed by atoms with E-state index in [1.54, 1.807) is 30.2 Å². The predicted molar refractivity (Wildman–Crippen MR) is 149 cm³/mol. The van der Waals surface area contributed by atoms with E-state index in [0.29, 0.717) is 15.6 Å². The highest BCUT2D eigenvalue weighted by Crippen LogP contribution is 2.43. The number of anilines is 1. The molecule has 0 bridgehead atoms. The van der Waals surface area contributed by atoms with Crippen molar-refractivity contribution in [2.75, 3.05) is 18.6 Å². The number of para-hydroxylation sites is 2. The normalized spacial score (nSPS) is 16.0. The first kappa shape index (κ1) is 24.6. The highest BCUT2D eigenvalue weighted by molar-refractivity contribution is 6.35. The summed E-state index contributed by atoms with van der Waals surface area (Å²) in [4.78, 5) is 31.3. The van der Waals surface area contributed by atoms with Crippen LogP contribution >= 0.6 is 23.2 Å². The number of hydrogen-bond donors (Lipinski definition) is 0. The Morgan fingerprint density at radius 2 is 1.61 bits per heavy atom. The Morgan fingerprint density at radius 3 is 2.26 bits per heavy atom. The fourth-order valence-corrected chi connectivity index (χ4v) is 5.71. The van der Waals surface area contributed by atoms with Crippen molar-refractivity contribution in [3.05, 3.63) is 112 Å². The van der Waals surface area contributed by atoms with Gasteiger partial charge in [0, 0.05) is 27.8 Å². The molecule has 2 amide bonds. The molecule has 8 heteroatoms. The van der Waals surface area contributed by atoms with Gasteiger partial charge in [-0.2, -0.15) is 0 Å². The molecule has 3 aromatic carbocycles. The third-order valence-corrected chi connectivity index (χ3v) is 7.52. The van der Waals surface area contributed by atoms with E-state index in [-0.39, 0.29) is 30.4 Å². The molecule has 0 spiro atoms. The quantitative estimate of drug-likeness (QED) is 0.276. The number of rotatable bonds is 6. The number of benzene rings is 3. The van der Waals surface area contributed by atoms with E-state index < -0.39 is 0 Å². The maximum atomic E-state index is 14.3. The first-order valence-corrected chi connectivity index (χ1v) is 13.2. The highest BCUT2D eigenvalue weighted by Gasteiger charge is 2.40. The van der Waals surface area contributed by atoms with Crippen molar-refractivity contribution < 1.29 is 14.3 Å². The van der Waals surface area contributed by atoms with Gasteiger partial charge < -0.3 is 14.2 Å². The van der Waals surface area contributed by atoms with Gasteiger partial charge in [0.1, 0.15) is 18.3 Å². The smallest absolute Gasteiger partial charge is 0.254 e. The Morgan fingerprint density at radius 1 is 0.921 bits per heavy atom. The largest absolute Gasteiger partial charge is 0.497 e. The average Bonchev–Trinajstić information content (AvgIpc) is 3.65. The molecular formula is C30H25Cl2N3O3. The van der Waals surface area contributed by atoms with Gasteiger partial charge >= 0.3 is 0 Å². The van der Waals surface area contributed by atoms with Crippen LogP contribution in [0.3, 0.4) is 0 Å². The molecule has 2 aliphatic rings. The Labute approximate surface area is 230 Å². The van der Waals surface area contributed by atoms with Crippen LogP contribution < -0.4 is 9.64 Å². The van der Waals surface area contributed by atoms with Crippen LogP contribution in [0.1, 0.15) is 40.5 Å². The number of hydrogen-bond acceptors (Lipinski definition) is 3. The third-order valence-electron chi connectivity index (χ3n) is 7.08. The number of halogens is 2. The fourth-order valence-electron chi connectivity index (χ4n) is 5.18. The van der Waals surface area contributed by atoms with Gasteiger partial charge in [-0.05, 0) is 73.0 Å². The maximum Gasteiger partial charge on any atom is 0.254 e. The van der Waals surface area contributed by atoms with Crippen molar-refractivity contribution in [1.82, 2.24) is 9.47 Å². The molecule has 6 rings (SSSR count). The number of amides is 2. The molecule has 1 aliphatic heterocycles. The van der Waals surface area contributed by atoms with Gasteiger partial charge in [-0.25, -0.2) is 0 Å².